The van der Waals surface area contributed by atoms with E-state index in [0.29, 0.717) is 5.71 Å². The van der Waals surface area contributed by atoms with Crippen LogP contribution in [0.3, 0.4) is 0 Å². The highest BCUT2D eigenvalue weighted by Crippen LogP contribution is 2.53. The Hall–Kier alpha value is -5.68. The molecule has 0 saturated heterocycles. The first-order valence-corrected chi connectivity index (χ1v) is 17.3. The molecule has 0 radical (unpaired) electrons. The van der Waals surface area contributed by atoms with Gasteiger partial charge in [-0.3, -0.25) is 4.99 Å². The number of nitrogens with zero attached hydrogens (tertiary/aromatic N) is 2. The van der Waals surface area contributed by atoms with Gasteiger partial charge in [0.1, 0.15) is 0 Å². The largest absolute Gasteiger partial charge is 0.356 e. The zero-order valence-corrected chi connectivity index (χ0v) is 28.3. The number of aromatic amines is 2. The molecule has 0 spiro atoms. The SMILES string of the molecule is Cl[C@]1(c2ccccc2)c2ccc([nH]2)C(c2ccccc2)=c2ccc([nH]2)=C(c2ccccc2)C2=NC(=C(c3ccccc3)C3=N[C@]1(Cl)C=C3)C=C2. The smallest absolute Gasteiger partial charge is 0.181 e. The molecule has 4 aromatic carbocycles. The van der Waals surface area contributed by atoms with Crippen molar-refractivity contribution in [3.8, 4) is 0 Å². The maximum Gasteiger partial charge on any atom is 0.181 e. The molecular weight excluding hydrogens is 655 g/mol. The van der Waals surface area contributed by atoms with Crippen molar-refractivity contribution in [2.45, 2.75) is 9.87 Å². The lowest BCUT2D eigenvalue weighted by Crippen LogP contribution is -2.41. The third-order valence-corrected chi connectivity index (χ3v) is 10.8. The second kappa shape index (κ2) is 12.0. The number of hydrogen-bond acceptors (Lipinski definition) is 2. The molecule has 0 fully saturated rings. The van der Waals surface area contributed by atoms with Crippen LogP contribution in [0.15, 0.2) is 186 Å². The molecule has 6 heteroatoms. The Kier molecular flexibility index (Phi) is 7.31. The van der Waals surface area contributed by atoms with Crippen molar-refractivity contribution in [3.63, 3.8) is 0 Å². The first-order chi connectivity index (χ1) is 24.5. The van der Waals surface area contributed by atoms with Crippen molar-refractivity contribution in [1.29, 1.82) is 0 Å². The van der Waals surface area contributed by atoms with Crippen molar-refractivity contribution < 1.29 is 0 Å². The number of halogens is 2. The second-order valence-corrected chi connectivity index (χ2v) is 13.7. The minimum absolute atomic E-state index is 0.704. The molecule has 0 amide bonds. The number of rotatable bonds is 4. The van der Waals surface area contributed by atoms with E-state index in [1.54, 1.807) is 0 Å². The van der Waals surface area contributed by atoms with E-state index in [0.717, 1.165) is 72.5 Å². The van der Waals surface area contributed by atoms with Gasteiger partial charge in [0.2, 0.25) is 0 Å². The standard InChI is InChI=1S/C44H30Cl2N4/c45-43-28-27-38(50-43)42(31-17-9-3-10-18-31)36-24-23-34(48-36)40(29-13-5-1-6-14-29)33-21-22-35(47-33)41(30-15-7-2-8-16-30)37-25-26-39(49-37)44(43,46)32-19-11-4-12-20-32/h1-28,47,49H/t43-,44-/m1/s1. The van der Waals surface area contributed by atoms with E-state index in [2.05, 4.69) is 101 Å². The molecular formula is C44H30Cl2N4. The maximum atomic E-state index is 7.92. The highest BCUT2D eigenvalue weighted by atomic mass is 35.5. The molecule has 2 N–H and O–H groups in total. The molecule has 3 aliphatic rings. The van der Waals surface area contributed by atoms with Crippen molar-refractivity contribution in [1.82, 2.24) is 9.97 Å². The van der Waals surface area contributed by atoms with Gasteiger partial charge in [-0.2, -0.15) is 0 Å². The van der Waals surface area contributed by atoms with E-state index >= 15 is 0 Å². The van der Waals surface area contributed by atoms with Gasteiger partial charge in [0.25, 0.3) is 0 Å². The molecule has 2 atom stereocenters. The Bertz CT molecular complexity index is 2540. The monoisotopic (exact) mass is 684 g/mol. The average molecular weight is 686 g/mol. The molecule has 2 aromatic heterocycles. The minimum Gasteiger partial charge on any atom is -0.356 e. The summed E-state index contributed by atoms with van der Waals surface area (Å²) in [5.41, 5.74) is 10.8. The molecule has 0 saturated carbocycles. The first kappa shape index (κ1) is 30.4. The molecule has 4 nitrogen and oxygen atoms in total. The van der Waals surface area contributed by atoms with E-state index < -0.39 is 9.87 Å². The van der Waals surface area contributed by atoms with Crippen molar-refractivity contribution in [3.05, 3.63) is 220 Å². The summed E-state index contributed by atoms with van der Waals surface area (Å²) in [4.78, 5) is 15.4. The number of aromatic nitrogens is 2. The normalized spacial score (nSPS) is 21.1. The zero-order chi connectivity index (χ0) is 33.7. The van der Waals surface area contributed by atoms with Gasteiger partial charge in [0, 0.05) is 38.8 Å². The third-order valence-electron chi connectivity index (χ3n) is 9.55. The number of hydrogen-bond donors (Lipinski definition) is 2. The number of H-pyrrole nitrogens is 2. The second-order valence-electron chi connectivity index (χ2n) is 12.5. The Labute approximate surface area is 299 Å². The summed E-state index contributed by atoms with van der Waals surface area (Å²) < 4.78 is 0. The number of aliphatic imine (C=N–C) groups is 2. The van der Waals surface area contributed by atoms with Crippen LogP contribution in [0.2, 0.25) is 0 Å². The van der Waals surface area contributed by atoms with Crippen LogP contribution in [0.4, 0.5) is 0 Å². The predicted molar refractivity (Wildman–Crippen MR) is 206 cm³/mol. The van der Waals surface area contributed by atoms with Crippen LogP contribution < -0.4 is 10.7 Å². The van der Waals surface area contributed by atoms with E-state index in [9.17, 15) is 0 Å². The lowest BCUT2D eigenvalue weighted by molar-refractivity contribution is 0.569. The molecule has 3 aliphatic heterocycles. The number of nitrogens with one attached hydrogen (secondary N) is 2. The van der Waals surface area contributed by atoms with Crippen molar-refractivity contribution >= 4 is 51.3 Å². The van der Waals surface area contributed by atoms with Gasteiger partial charge in [-0.05, 0) is 70.8 Å². The highest BCUT2D eigenvalue weighted by molar-refractivity contribution is 6.41. The van der Waals surface area contributed by atoms with Gasteiger partial charge < -0.3 is 9.97 Å². The van der Waals surface area contributed by atoms with Crippen LogP contribution in [-0.2, 0) is 4.87 Å². The minimum atomic E-state index is -1.38. The summed E-state index contributed by atoms with van der Waals surface area (Å²) in [7, 11) is 0. The topological polar surface area (TPSA) is 56.3 Å². The highest BCUT2D eigenvalue weighted by Gasteiger charge is 2.53. The van der Waals surface area contributed by atoms with Crippen LogP contribution in [-0.4, -0.2) is 26.4 Å². The lowest BCUT2D eigenvalue weighted by Gasteiger charge is -2.36. The van der Waals surface area contributed by atoms with Gasteiger partial charge in [0.05, 0.1) is 17.1 Å². The number of allylic oxidation sites excluding steroid dienone is 4. The van der Waals surface area contributed by atoms with E-state index in [1.165, 1.54) is 0 Å². The van der Waals surface area contributed by atoms with Gasteiger partial charge in [-0.1, -0.05) is 133 Å². The Morgan fingerprint density at radius 1 is 0.480 bits per heavy atom. The van der Waals surface area contributed by atoms with E-state index in [4.69, 9.17) is 33.2 Å². The van der Waals surface area contributed by atoms with Crippen molar-refractivity contribution in [2.75, 3.05) is 0 Å². The fourth-order valence-corrected chi connectivity index (χ4v) is 7.90. The quantitative estimate of drug-likeness (QED) is 0.138. The van der Waals surface area contributed by atoms with Crippen LogP contribution in [0.1, 0.15) is 33.6 Å². The number of benzene rings is 4. The lowest BCUT2D eigenvalue weighted by atomic mass is 9.87. The van der Waals surface area contributed by atoms with Crippen LogP contribution in [0, 0.1) is 0 Å². The van der Waals surface area contributed by atoms with Crippen LogP contribution in [0.5, 0.6) is 0 Å². The average Bonchev–Trinajstić information content (AvgIpc) is 4.00. The van der Waals surface area contributed by atoms with E-state index in [1.807, 2.05) is 78.9 Å². The Morgan fingerprint density at radius 2 is 1.04 bits per heavy atom. The fourth-order valence-electron chi connectivity index (χ4n) is 7.19. The summed E-state index contributed by atoms with van der Waals surface area (Å²) in [6, 6.07) is 49.3. The number of fused-ring (bicyclic) bond motifs is 6. The first-order valence-electron chi connectivity index (χ1n) is 16.6. The molecule has 240 valence electrons. The zero-order valence-electron chi connectivity index (χ0n) is 26.8. The summed E-state index contributed by atoms with van der Waals surface area (Å²) in [6.45, 7) is 0. The molecule has 0 aliphatic carbocycles. The van der Waals surface area contributed by atoms with Crippen LogP contribution in [0.25, 0.3) is 16.7 Å². The van der Waals surface area contributed by atoms with Gasteiger partial charge in [0.15, 0.2) is 9.87 Å². The molecule has 9 rings (SSSR count). The predicted octanol–water partition coefficient (Wildman–Crippen LogP) is 8.65. The molecule has 5 heterocycles. The van der Waals surface area contributed by atoms with Crippen LogP contribution >= 0.6 is 23.2 Å². The molecule has 6 aromatic rings. The fraction of sp³-hybridized carbons (Fsp3) is 0.0455. The Morgan fingerprint density at radius 3 is 1.68 bits per heavy atom. The van der Waals surface area contributed by atoms with Gasteiger partial charge >= 0.3 is 0 Å². The van der Waals surface area contributed by atoms with Gasteiger partial charge in [-0.25, -0.2) is 4.99 Å². The third kappa shape index (κ3) is 4.91. The summed E-state index contributed by atoms with van der Waals surface area (Å²) >= 11 is 15.6. The van der Waals surface area contributed by atoms with Gasteiger partial charge in [-0.15, -0.1) is 11.6 Å². The molecule has 8 bridgehead atoms. The number of alkyl halides is 2. The van der Waals surface area contributed by atoms with E-state index in [-0.39, 0.29) is 0 Å². The summed E-state index contributed by atoms with van der Waals surface area (Å²) in [6.07, 6.45) is 8.04. The van der Waals surface area contributed by atoms with Crippen molar-refractivity contribution in [2.24, 2.45) is 9.98 Å². The molecule has 50 heavy (non-hydrogen) atoms. The summed E-state index contributed by atoms with van der Waals surface area (Å²) in [5.74, 6) is 0. The summed E-state index contributed by atoms with van der Waals surface area (Å²) in [5, 5.41) is 1.91. The maximum absolute atomic E-state index is 7.92. The molecule has 0 unspecified atom stereocenters. The Balaban J connectivity index is 1.42.